The lowest BCUT2D eigenvalue weighted by molar-refractivity contribution is -0.113. The highest BCUT2D eigenvalue weighted by atomic mass is 32.2. The normalized spacial score (nSPS) is 10.9. The first kappa shape index (κ1) is 16.8. The van der Waals surface area contributed by atoms with Gasteiger partial charge in [-0.1, -0.05) is 23.9 Å². The molecule has 1 aromatic carbocycles. The lowest BCUT2D eigenvalue weighted by Gasteiger charge is -2.08. The Kier molecular flexibility index (Phi) is 5.53. The van der Waals surface area contributed by atoms with E-state index in [1.165, 1.54) is 11.8 Å². The molecule has 0 saturated heterocycles. The molecule has 2 aromatic heterocycles. The molecule has 2 N–H and O–H groups in total. The number of furan rings is 1. The number of hydrogen-bond acceptors (Lipinski definition) is 6. The Balaban J connectivity index is 1.52. The number of ether oxygens (including phenoxy) is 1. The van der Waals surface area contributed by atoms with Crippen LogP contribution in [0.2, 0.25) is 0 Å². The summed E-state index contributed by atoms with van der Waals surface area (Å²) in [6.45, 7) is 0. The fraction of sp³-hybridized carbons (Fsp3) is 0.118. The largest absolute Gasteiger partial charge is 0.495 e. The molecule has 0 aliphatic heterocycles. The molecule has 0 unspecified atom stereocenters. The third-order valence-corrected chi connectivity index (χ3v) is 3.99. The van der Waals surface area contributed by atoms with Crippen molar-refractivity contribution in [2.75, 3.05) is 18.2 Å². The number of carbonyl (C=O) groups is 1. The lowest BCUT2D eigenvalue weighted by Crippen LogP contribution is -2.14. The van der Waals surface area contributed by atoms with Crippen LogP contribution in [0.15, 0.2) is 52.2 Å². The zero-order valence-electron chi connectivity index (χ0n) is 13.4. The summed E-state index contributed by atoms with van der Waals surface area (Å²) < 4.78 is 10.4. The minimum atomic E-state index is -0.160. The molecular formula is C17H16N4O3S. The van der Waals surface area contributed by atoms with Crippen LogP contribution in [0, 0.1) is 0 Å². The van der Waals surface area contributed by atoms with Crippen LogP contribution < -0.4 is 10.1 Å². The Hall–Kier alpha value is -3.00. The number of anilines is 1. The molecular weight excluding hydrogens is 340 g/mol. The second kappa shape index (κ2) is 8.20. The Morgan fingerprint density at radius 1 is 1.32 bits per heavy atom. The maximum absolute atomic E-state index is 12.1. The predicted molar refractivity (Wildman–Crippen MR) is 96.4 cm³/mol. The van der Waals surface area contributed by atoms with Gasteiger partial charge < -0.3 is 14.5 Å². The van der Waals surface area contributed by atoms with Gasteiger partial charge in [-0.25, -0.2) is 4.98 Å². The van der Waals surface area contributed by atoms with Gasteiger partial charge in [0.15, 0.2) is 0 Å². The quantitative estimate of drug-likeness (QED) is 0.631. The van der Waals surface area contributed by atoms with E-state index in [0.29, 0.717) is 22.4 Å². The van der Waals surface area contributed by atoms with Crippen LogP contribution in [0.5, 0.6) is 5.75 Å². The van der Waals surface area contributed by atoms with E-state index in [0.717, 1.165) is 5.76 Å². The van der Waals surface area contributed by atoms with Gasteiger partial charge in [-0.3, -0.25) is 9.89 Å². The Bertz CT molecular complexity index is 858. The second-order valence-corrected chi connectivity index (χ2v) is 5.83. The molecule has 0 spiro atoms. The molecule has 0 saturated carbocycles. The first-order valence-corrected chi connectivity index (χ1v) is 8.43. The maximum atomic E-state index is 12.1. The fourth-order valence-electron chi connectivity index (χ4n) is 2.01. The second-order valence-electron chi connectivity index (χ2n) is 4.89. The van der Waals surface area contributed by atoms with Crippen LogP contribution in [0.1, 0.15) is 11.6 Å². The van der Waals surface area contributed by atoms with Crippen molar-refractivity contribution in [1.82, 2.24) is 15.2 Å². The van der Waals surface area contributed by atoms with Crippen molar-refractivity contribution in [3.05, 3.63) is 54.2 Å². The first-order valence-electron chi connectivity index (χ1n) is 7.44. The van der Waals surface area contributed by atoms with E-state index in [2.05, 4.69) is 20.5 Å². The number of H-pyrrole nitrogens is 1. The van der Waals surface area contributed by atoms with Gasteiger partial charge in [0, 0.05) is 0 Å². The SMILES string of the molecule is COc1ccccc1NC(=O)CSc1n[nH]c(/C=C/c2ccco2)n1. The molecule has 1 amide bonds. The van der Waals surface area contributed by atoms with Gasteiger partial charge in [-0.15, -0.1) is 5.10 Å². The lowest BCUT2D eigenvalue weighted by atomic mass is 10.3. The highest BCUT2D eigenvalue weighted by Crippen LogP contribution is 2.23. The molecule has 0 aliphatic carbocycles. The van der Waals surface area contributed by atoms with Crippen molar-refractivity contribution >= 4 is 35.5 Å². The Labute approximate surface area is 148 Å². The number of aromatic nitrogens is 3. The summed E-state index contributed by atoms with van der Waals surface area (Å²) in [6, 6.07) is 10.9. The number of thioether (sulfide) groups is 1. The molecule has 0 atom stereocenters. The molecule has 0 fully saturated rings. The molecule has 8 heteroatoms. The maximum Gasteiger partial charge on any atom is 0.234 e. The number of methoxy groups -OCH3 is 1. The highest BCUT2D eigenvalue weighted by Gasteiger charge is 2.09. The van der Waals surface area contributed by atoms with Gasteiger partial charge >= 0.3 is 0 Å². The molecule has 3 rings (SSSR count). The summed E-state index contributed by atoms with van der Waals surface area (Å²) in [5, 5.41) is 10.2. The van der Waals surface area contributed by atoms with E-state index in [1.54, 1.807) is 37.7 Å². The molecule has 0 radical (unpaired) electrons. The number of hydrogen-bond donors (Lipinski definition) is 2. The van der Waals surface area contributed by atoms with Crippen LogP contribution >= 0.6 is 11.8 Å². The number of benzene rings is 1. The number of rotatable bonds is 7. The summed E-state index contributed by atoms with van der Waals surface area (Å²) in [5.41, 5.74) is 0.632. The summed E-state index contributed by atoms with van der Waals surface area (Å²) in [4.78, 5) is 16.3. The number of nitrogens with one attached hydrogen (secondary N) is 2. The van der Waals surface area contributed by atoms with E-state index in [1.807, 2.05) is 24.3 Å². The van der Waals surface area contributed by atoms with E-state index < -0.39 is 0 Å². The third kappa shape index (κ3) is 4.74. The van der Waals surface area contributed by atoms with E-state index >= 15 is 0 Å². The minimum absolute atomic E-state index is 0.160. The van der Waals surface area contributed by atoms with Gasteiger partial charge in [-0.05, 0) is 36.4 Å². The topological polar surface area (TPSA) is 93.0 Å². The summed E-state index contributed by atoms with van der Waals surface area (Å²) >= 11 is 1.24. The monoisotopic (exact) mass is 356 g/mol. The minimum Gasteiger partial charge on any atom is -0.495 e. The van der Waals surface area contributed by atoms with Gasteiger partial charge in [-0.2, -0.15) is 0 Å². The molecule has 128 valence electrons. The fourth-order valence-corrected chi connectivity index (χ4v) is 2.61. The third-order valence-electron chi connectivity index (χ3n) is 3.14. The van der Waals surface area contributed by atoms with Gasteiger partial charge in [0.1, 0.15) is 17.3 Å². The van der Waals surface area contributed by atoms with Crippen molar-refractivity contribution < 1.29 is 13.9 Å². The van der Waals surface area contributed by atoms with Crippen molar-refractivity contribution in [2.24, 2.45) is 0 Å². The number of carbonyl (C=O) groups excluding carboxylic acids is 1. The zero-order valence-corrected chi connectivity index (χ0v) is 14.2. The number of para-hydroxylation sites is 2. The van der Waals surface area contributed by atoms with Crippen LogP contribution in [0.4, 0.5) is 5.69 Å². The van der Waals surface area contributed by atoms with Crippen molar-refractivity contribution in [2.45, 2.75) is 5.16 Å². The average molecular weight is 356 g/mol. The predicted octanol–water partition coefficient (Wildman–Crippen LogP) is 3.31. The molecule has 7 nitrogen and oxygen atoms in total. The van der Waals surface area contributed by atoms with E-state index in [9.17, 15) is 4.79 Å². The Morgan fingerprint density at radius 2 is 2.20 bits per heavy atom. The zero-order chi connectivity index (χ0) is 17.5. The number of aromatic amines is 1. The van der Waals surface area contributed by atoms with Crippen molar-refractivity contribution in [3.8, 4) is 5.75 Å². The molecule has 0 bridgehead atoms. The van der Waals surface area contributed by atoms with E-state index in [4.69, 9.17) is 9.15 Å². The summed E-state index contributed by atoms with van der Waals surface area (Å²) in [6.07, 6.45) is 5.13. The van der Waals surface area contributed by atoms with E-state index in [-0.39, 0.29) is 11.7 Å². The van der Waals surface area contributed by atoms with Crippen LogP contribution in [0.3, 0.4) is 0 Å². The Morgan fingerprint density at radius 3 is 3.00 bits per heavy atom. The van der Waals surface area contributed by atoms with Crippen molar-refractivity contribution in [1.29, 1.82) is 0 Å². The van der Waals surface area contributed by atoms with Gasteiger partial charge in [0.25, 0.3) is 0 Å². The molecule has 3 aromatic rings. The smallest absolute Gasteiger partial charge is 0.234 e. The van der Waals surface area contributed by atoms with Crippen molar-refractivity contribution in [3.63, 3.8) is 0 Å². The first-order chi connectivity index (χ1) is 12.2. The summed E-state index contributed by atoms with van der Waals surface area (Å²) in [5.74, 6) is 1.96. The number of nitrogens with zero attached hydrogens (tertiary/aromatic N) is 2. The van der Waals surface area contributed by atoms with Crippen LogP contribution in [-0.2, 0) is 4.79 Å². The van der Waals surface area contributed by atoms with Gasteiger partial charge in [0.2, 0.25) is 11.1 Å². The molecule has 0 aliphatic rings. The van der Waals surface area contributed by atoms with Gasteiger partial charge in [0.05, 0.1) is 24.8 Å². The molecule has 2 heterocycles. The van der Waals surface area contributed by atoms with Crippen LogP contribution in [0.25, 0.3) is 12.2 Å². The highest BCUT2D eigenvalue weighted by molar-refractivity contribution is 7.99. The average Bonchev–Trinajstić information content (AvgIpc) is 3.30. The summed E-state index contributed by atoms with van der Waals surface area (Å²) in [7, 11) is 1.56. The number of amides is 1. The van der Waals surface area contributed by atoms with Crippen LogP contribution in [-0.4, -0.2) is 34.0 Å². The molecule has 25 heavy (non-hydrogen) atoms. The standard InChI is InChI=1S/C17H16N4O3S/c1-23-14-7-3-2-6-13(14)18-16(22)11-25-17-19-15(20-21-17)9-8-12-5-4-10-24-12/h2-10H,11H2,1H3,(H,18,22)(H,19,20,21)/b9-8+.